The SMILES string of the molecule is CC(=O)C1=C(O)C(C(C)C)[C@@]2(C)C[C@@]3(C)Cc4c(CCCC5=CC=CC5C)ccc(O)c4C(=O)C3=C(O)[C@@]2(O)C1=O. The summed E-state index contributed by atoms with van der Waals surface area (Å²) in [5.74, 6) is -4.57. The van der Waals surface area contributed by atoms with Crippen molar-refractivity contribution in [2.75, 3.05) is 0 Å². The lowest BCUT2D eigenvalue weighted by atomic mass is 9.44. The Morgan fingerprint density at radius 3 is 2.37 bits per heavy atom. The van der Waals surface area contributed by atoms with E-state index in [2.05, 4.69) is 25.2 Å². The third-order valence-electron chi connectivity index (χ3n) is 10.2. The van der Waals surface area contributed by atoms with E-state index in [9.17, 15) is 34.8 Å². The molecule has 4 aliphatic carbocycles. The summed E-state index contributed by atoms with van der Waals surface area (Å²) in [4.78, 5) is 40.4. The van der Waals surface area contributed by atoms with Gasteiger partial charge in [0.15, 0.2) is 17.2 Å². The molecule has 5 rings (SSSR count). The Morgan fingerprint density at radius 1 is 1.10 bits per heavy atom. The first-order valence-electron chi connectivity index (χ1n) is 14.5. The quantitative estimate of drug-likeness (QED) is 0.323. The summed E-state index contributed by atoms with van der Waals surface area (Å²) in [7, 11) is 0. The van der Waals surface area contributed by atoms with Crippen LogP contribution in [0.4, 0.5) is 0 Å². The molecule has 0 bridgehead atoms. The van der Waals surface area contributed by atoms with Crippen molar-refractivity contribution < 1.29 is 34.8 Å². The van der Waals surface area contributed by atoms with Gasteiger partial charge >= 0.3 is 0 Å². The lowest BCUT2D eigenvalue weighted by molar-refractivity contribution is -0.171. The number of aliphatic hydroxyl groups is 3. The maximum absolute atomic E-state index is 14.1. The van der Waals surface area contributed by atoms with Crippen molar-refractivity contribution in [2.45, 2.75) is 79.2 Å². The molecule has 4 N–H and O–H groups in total. The number of allylic oxidation sites excluding steroid dienone is 6. The molecule has 5 atom stereocenters. The first-order chi connectivity index (χ1) is 19.1. The minimum atomic E-state index is -2.59. The Bertz CT molecular complexity index is 1500. The van der Waals surface area contributed by atoms with E-state index in [-0.39, 0.29) is 35.0 Å². The molecule has 1 aromatic carbocycles. The van der Waals surface area contributed by atoms with Gasteiger partial charge in [0.25, 0.3) is 0 Å². The number of hydrogen-bond acceptors (Lipinski definition) is 7. The molecule has 0 radical (unpaired) electrons. The van der Waals surface area contributed by atoms with Gasteiger partial charge in [0, 0.05) is 22.3 Å². The van der Waals surface area contributed by atoms with E-state index in [1.54, 1.807) is 6.92 Å². The van der Waals surface area contributed by atoms with E-state index < -0.39 is 51.0 Å². The first-order valence-corrected chi connectivity index (χ1v) is 14.5. The normalized spacial score (nSPS) is 32.7. The molecular formula is C34H40O7. The molecule has 0 heterocycles. The number of carbonyl (C=O) groups is 3. The second-order valence-corrected chi connectivity index (χ2v) is 13.3. The van der Waals surface area contributed by atoms with Gasteiger partial charge < -0.3 is 20.4 Å². The minimum Gasteiger partial charge on any atom is -0.511 e. The number of phenols is 1. The Kier molecular flexibility index (Phi) is 6.77. The molecule has 0 saturated carbocycles. The third-order valence-corrected chi connectivity index (χ3v) is 10.2. The molecule has 0 aromatic heterocycles. The Morgan fingerprint density at radius 2 is 1.78 bits per heavy atom. The van der Waals surface area contributed by atoms with Crippen LogP contribution in [-0.4, -0.2) is 43.4 Å². The zero-order valence-electron chi connectivity index (χ0n) is 24.7. The zero-order valence-corrected chi connectivity index (χ0v) is 24.7. The predicted molar refractivity (Wildman–Crippen MR) is 155 cm³/mol. The topological polar surface area (TPSA) is 132 Å². The zero-order chi connectivity index (χ0) is 30.2. The summed E-state index contributed by atoms with van der Waals surface area (Å²) in [5, 5.41) is 46.0. The Hall–Kier alpha value is -3.45. The fourth-order valence-corrected chi connectivity index (χ4v) is 8.44. The van der Waals surface area contributed by atoms with Crippen LogP contribution in [-0.2, 0) is 22.4 Å². The molecule has 7 nitrogen and oxygen atoms in total. The number of aryl methyl sites for hydroxylation is 1. The number of ketones is 3. The van der Waals surface area contributed by atoms with Crippen molar-refractivity contribution >= 4 is 17.3 Å². The van der Waals surface area contributed by atoms with E-state index >= 15 is 0 Å². The summed E-state index contributed by atoms with van der Waals surface area (Å²) in [6.07, 6.45) is 9.23. The number of benzene rings is 1. The van der Waals surface area contributed by atoms with Crippen LogP contribution < -0.4 is 0 Å². The average Bonchev–Trinajstić information content (AvgIpc) is 3.26. The maximum Gasteiger partial charge on any atom is 0.209 e. The van der Waals surface area contributed by atoms with E-state index in [4.69, 9.17) is 0 Å². The van der Waals surface area contributed by atoms with Crippen molar-refractivity contribution in [1.29, 1.82) is 0 Å². The third kappa shape index (κ3) is 3.92. The van der Waals surface area contributed by atoms with Crippen molar-refractivity contribution in [3.63, 3.8) is 0 Å². The van der Waals surface area contributed by atoms with Gasteiger partial charge in [-0.2, -0.15) is 0 Å². The van der Waals surface area contributed by atoms with Gasteiger partial charge in [-0.25, -0.2) is 0 Å². The second-order valence-electron chi connectivity index (χ2n) is 13.3. The molecule has 0 spiro atoms. The highest BCUT2D eigenvalue weighted by Gasteiger charge is 2.71. The summed E-state index contributed by atoms with van der Waals surface area (Å²) >= 11 is 0. The fourth-order valence-electron chi connectivity index (χ4n) is 8.44. The number of rotatable bonds is 6. The average molecular weight is 561 g/mol. The van der Waals surface area contributed by atoms with Crippen molar-refractivity contribution in [2.24, 2.45) is 28.6 Å². The summed E-state index contributed by atoms with van der Waals surface area (Å²) < 4.78 is 0. The van der Waals surface area contributed by atoms with E-state index in [0.29, 0.717) is 24.3 Å². The first kappa shape index (κ1) is 29.1. The number of carbonyl (C=O) groups excluding carboxylic acids is 3. The van der Waals surface area contributed by atoms with Gasteiger partial charge in [0.2, 0.25) is 5.78 Å². The van der Waals surface area contributed by atoms with Crippen LogP contribution >= 0.6 is 0 Å². The number of aliphatic hydroxyl groups excluding tert-OH is 2. The molecule has 41 heavy (non-hydrogen) atoms. The Balaban J connectivity index is 1.64. The largest absolute Gasteiger partial charge is 0.511 e. The molecular weight excluding hydrogens is 520 g/mol. The number of hydrogen-bond donors (Lipinski definition) is 4. The predicted octanol–water partition coefficient (Wildman–Crippen LogP) is 5.80. The van der Waals surface area contributed by atoms with Crippen LogP contribution in [0.2, 0.25) is 0 Å². The van der Waals surface area contributed by atoms with Crippen molar-refractivity contribution in [1.82, 2.24) is 0 Å². The van der Waals surface area contributed by atoms with Gasteiger partial charge in [0.05, 0.1) is 5.56 Å². The second kappa shape index (κ2) is 9.55. The van der Waals surface area contributed by atoms with Crippen LogP contribution in [0.25, 0.3) is 0 Å². The highest BCUT2D eigenvalue weighted by Crippen LogP contribution is 2.65. The smallest absolute Gasteiger partial charge is 0.209 e. The monoisotopic (exact) mass is 560 g/mol. The van der Waals surface area contributed by atoms with Gasteiger partial charge in [-0.15, -0.1) is 0 Å². The molecule has 0 fully saturated rings. The highest BCUT2D eigenvalue weighted by molar-refractivity contribution is 6.25. The standard InChI is InChI=1S/C34H40O7/c1-17(2)26-28(37)24(19(4)35)30(39)34(41)31(40)27-29(38)25-22(15-32(27,5)16-33(26,34)6)21(13-14-23(25)36)12-8-11-20-10-7-9-18(20)3/h7,9-10,13-14,17-18,26,36-37,40-41H,8,11-12,15-16H2,1-6H3/t18?,26?,32-,33-,34+/m1/s1. The van der Waals surface area contributed by atoms with Crippen LogP contribution in [0, 0.1) is 28.6 Å². The summed E-state index contributed by atoms with van der Waals surface area (Å²) in [5.41, 5.74) is -2.59. The molecule has 2 unspecified atom stereocenters. The number of fused-ring (bicyclic) bond motifs is 3. The molecule has 0 saturated heterocycles. The van der Waals surface area contributed by atoms with Gasteiger partial charge in [-0.1, -0.05) is 64.5 Å². The molecule has 0 amide bonds. The lowest BCUT2D eigenvalue weighted by Gasteiger charge is -2.59. The number of aromatic hydroxyl groups is 1. The van der Waals surface area contributed by atoms with Crippen molar-refractivity contribution in [3.05, 3.63) is 75.3 Å². The van der Waals surface area contributed by atoms with Crippen LogP contribution in [0.3, 0.4) is 0 Å². The molecule has 0 aliphatic heterocycles. The van der Waals surface area contributed by atoms with E-state index in [1.165, 1.54) is 11.6 Å². The Labute approximate surface area is 241 Å². The van der Waals surface area contributed by atoms with E-state index in [0.717, 1.165) is 25.3 Å². The molecule has 7 heteroatoms. The molecule has 1 aromatic rings. The van der Waals surface area contributed by atoms with E-state index in [1.807, 2.05) is 26.8 Å². The number of Topliss-reactive ketones (excluding diaryl/α,β-unsaturated/α-hetero) is 3. The minimum absolute atomic E-state index is 0.0812. The van der Waals surface area contributed by atoms with Gasteiger partial charge in [0.1, 0.15) is 22.8 Å². The van der Waals surface area contributed by atoms with Crippen LogP contribution in [0.1, 0.15) is 82.3 Å². The summed E-state index contributed by atoms with van der Waals surface area (Å²) in [6, 6.07) is 3.34. The van der Waals surface area contributed by atoms with Crippen LogP contribution in [0.5, 0.6) is 5.75 Å². The fraction of sp³-hybridized carbons (Fsp3) is 0.500. The van der Waals surface area contributed by atoms with Crippen LogP contribution in [0.15, 0.2) is 58.6 Å². The highest BCUT2D eigenvalue weighted by atomic mass is 16.3. The molecule has 4 aliphatic rings. The molecule has 218 valence electrons. The van der Waals surface area contributed by atoms with Crippen molar-refractivity contribution in [3.8, 4) is 5.75 Å². The lowest BCUT2D eigenvalue weighted by Crippen LogP contribution is -2.67. The van der Waals surface area contributed by atoms with Gasteiger partial charge in [-0.05, 0) is 68.1 Å². The number of phenolic OH excluding ortho intramolecular Hbond substituents is 1. The summed E-state index contributed by atoms with van der Waals surface area (Å²) in [6.45, 7) is 10.4. The van der Waals surface area contributed by atoms with Gasteiger partial charge in [-0.3, -0.25) is 14.4 Å². The maximum atomic E-state index is 14.1.